The van der Waals surface area contributed by atoms with Gasteiger partial charge in [-0.2, -0.15) is 0 Å². The maximum atomic E-state index is 12.2. The van der Waals surface area contributed by atoms with E-state index in [1.54, 1.807) is 24.3 Å². The van der Waals surface area contributed by atoms with Crippen molar-refractivity contribution in [1.29, 1.82) is 0 Å². The van der Waals surface area contributed by atoms with E-state index in [9.17, 15) is 9.59 Å². The second kappa shape index (κ2) is 7.83. The highest BCUT2D eigenvalue weighted by Crippen LogP contribution is 2.24. The number of aryl methyl sites for hydroxylation is 1. The number of amides is 2. The molecule has 0 heterocycles. The number of hydrogen-bond donors (Lipinski definition) is 2. The number of rotatable bonds is 5. The molecule has 0 unspecified atom stereocenters. The van der Waals surface area contributed by atoms with Crippen LogP contribution in [0.1, 0.15) is 19.4 Å². The van der Waals surface area contributed by atoms with Crippen LogP contribution >= 0.6 is 11.8 Å². The molecule has 5 heteroatoms. The Labute approximate surface area is 140 Å². The SMILES string of the molecule is CC(=O)Nc1ccc(NC(=O)[C@@H](C)Sc2ccc(C)cc2)cc1. The highest BCUT2D eigenvalue weighted by Gasteiger charge is 2.14. The number of thioether (sulfide) groups is 1. The van der Waals surface area contributed by atoms with Gasteiger partial charge in [0, 0.05) is 23.2 Å². The molecule has 0 saturated heterocycles. The molecule has 2 amide bonds. The fraction of sp³-hybridized carbons (Fsp3) is 0.222. The molecule has 0 aliphatic rings. The number of benzene rings is 2. The molecule has 0 spiro atoms. The van der Waals surface area contributed by atoms with Crippen molar-refractivity contribution < 1.29 is 9.59 Å². The zero-order valence-electron chi connectivity index (χ0n) is 13.4. The van der Waals surface area contributed by atoms with Gasteiger partial charge in [-0.3, -0.25) is 9.59 Å². The quantitative estimate of drug-likeness (QED) is 0.813. The first-order chi connectivity index (χ1) is 10.9. The molecular formula is C18H20N2O2S. The molecule has 0 fully saturated rings. The summed E-state index contributed by atoms with van der Waals surface area (Å²) in [7, 11) is 0. The normalized spacial score (nSPS) is 11.6. The summed E-state index contributed by atoms with van der Waals surface area (Å²) in [6, 6.07) is 15.2. The Hall–Kier alpha value is -2.27. The van der Waals surface area contributed by atoms with E-state index in [-0.39, 0.29) is 17.1 Å². The van der Waals surface area contributed by atoms with Crippen LogP contribution in [0, 0.1) is 6.92 Å². The van der Waals surface area contributed by atoms with Crippen LogP contribution in [0.2, 0.25) is 0 Å². The highest BCUT2D eigenvalue weighted by atomic mass is 32.2. The van der Waals surface area contributed by atoms with Gasteiger partial charge in [0.05, 0.1) is 5.25 Å². The van der Waals surface area contributed by atoms with Crippen molar-refractivity contribution in [3.8, 4) is 0 Å². The van der Waals surface area contributed by atoms with E-state index in [4.69, 9.17) is 0 Å². The molecule has 2 aromatic carbocycles. The summed E-state index contributed by atoms with van der Waals surface area (Å²) in [6.07, 6.45) is 0. The lowest BCUT2D eigenvalue weighted by Gasteiger charge is -2.12. The van der Waals surface area contributed by atoms with Crippen molar-refractivity contribution >= 4 is 35.0 Å². The van der Waals surface area contributed by atoms with Gasteiger partial charge < -0.3 is 10.6 Å². The highest BCUT2D eigenvalue weighted by molar-refractivity contribution is 8.00. The second-order valence-electron chi connectivity index (χ2n) is 5.32. The van der Waals surface area contributed by atoms with Crippen molar-refractivity contribution in [2.45, 2.75) is 30.9 Å². The first-order valence-corrected chi connectivity index (χ1v) is 8.24. The predicted molar refractivity (Wildman–Crippen MR) is 95.9 cm³/mol. The summed E-state index contributed by atoms with van der Waals surface area (Å²) in [4.78, 5) is 24.3. The lowest BCUT2D eigenvalue weighted by molar-refractivity contribution is -0.115. The second-order valence-corrected chi connectivity index (χ2v) is 6.74. The van der Waals surface area contributed by atoms with E-state index in [0.717, 1.165) is 4.90 Å². The monoisotopic (exact) mass is 328 g/mol. The molecule has 0 aliphatic carbocycles. The predicted octanol–water partition coefficient (Wildman–Crippen LogP) is 4.07. The first-order valence-electron chi connectivity index (χ1n) is 7.36. The van der Waals surface area contributed by atoms with Crippen LogP contribution in [-0.2, 0) is 9.59 Å². The first kappa shape index (κ1) is 17.1. The topological polar surface area (TPSA) is 58.2 Å². The van der Waals surface area contributed by atoms with Crippen LogP contribution in [0.25, 0.3) is 0 Å². The standard InChI is InChI=1S/C18H20N2O2S/c1-12-4-10-17(11-5-12)23-13(2)18(22)20-16-8-6-15(7-9-16)19-14(3)21/h4-11,13H,1-3H3,(H,19,21)(H,20,22)/t13-/m1/s1. The number of nitrogens with one attached hydrogen (secondary N) is 2. The minimum Gasteiger partial charge on any atom is -0.326 e. The number of carbonyl (C=O) groups is 2. The fourth-order valence-electron chi connectivity index (χ4n) is 1.96. The Morgan fingerprint density at radius 3 is 1.96 bits per heavy atom. The Balaban J connectivity index is 1.92. The smallest absolute Gasteiger partial charge is 0.237 e. The van der Waals surface area contributed by atoms with Gasteiger partial charge in [-0.25, -0.2) is 0 Å². The van der Waals surface area contributed by atoms with Gasteiger partial charge in [-0.15, -0.1) is 11.8 Å². The van der Waals surface area contributed by atoms with Crippen molar-refractivity contribution in [3.63, 3.8) is 0 Å². The molecule has 2 rings (SSSR count). The fourth-order valence-corrected chi connectivity index (χ4v) is 2.83. The van der Waals surface area contributed by atoms with Crippen molar-refractivity contribution in [2.24, 2.45) is 0 Å². The molecule has 0 radical (unpaired) electrons. The van der Waals surface area contributed by atoms with Gasteiger partial charge in [0.15, 0.2) is 0 Å². The molecule has 2 N–H and O–H groups in total. The number of hydrogen-bond acceptors (Lipinski definition) is 3. The molecule has 120 valence electrons. The van der Waals surface area contributed by atoms with Gasteiger partial charge in [-0.1, -0.05) is 17.7 Å². The van der Waals surface area contributed by atoms with E-state index in [0.29, 0.717) is 11.4 Å². The van der Waals surface area contributed by atoms with Crippen molar-refractivity contribution in [1.82, 2.24) is 0 Å². The Kier molecular flexibility index (Phi) is 5.82. The van der Waals surface area contributed by atoms with Crippen LogP contribution in [0.15, 0.2) is 53.4 Å². The summed E-state index contributed by atoms with van der Waals surface area (Å²) < 4.78 is 0. The Bertz CT molecular complexity index is 681. The molecule has 4 nitrogen and oxygen atoms in total. The minimum atomic E-state index is -0.201. The molecule has 2 aromatic rings. The van der Waals surface area contributed by atoms with Crippen LogP contribution < -0.4 is 10.6 Å². The molecule has 1 atom stereocenters. The van der Waals surface area contributed by atoms with Gasteiger partial charge in [0.1, 0.15) is 0 Å². The average molecular weight is 328 g/mol. The average Bonchev–Trinajstić information content (AvgIpc) is 2.51. The van der Waals surface area contributed by atoms with Crippen LogP contribution in [0.5, 0.6) is 0 Å². The summed E-state index contributed by atoms with van der Waals surface area (Å²) in [5.41, 5.74) is 2.61. The number of anilines is 2. The van der Waals surface area contributed by atoms with Gasteiger partial charge in [0.2, 0.25) is 11.8 Å². The molecule has 23 heavy (non-hydrogen) atoms. The maximum absolute atomic E-state index is 12.2. The van der Waals surface area contributed by atoms with E-state index in [1.165, 1.54) is 24.2 Å². The minimum absolute atomic E-state index is 0.0529. The van der Waals surface area contributed by atoms with E-state index >= 15 is 0 Å². The maximum Gasteiger partial charge on any atom is 0.237 e. The third kappa shape index (κ3) is 5.45. The van der Waals surface area contributed by atoms with Gasteiger partial charge >= 0.3 is 0 Å². The zero-order chi connectivity index (χ0) is 16.8. The third-order valence-electron chi connectivity index (χ3n) is 3.18. The summed E-state index contributed by atoms with van der Waals surface area (Å²) >= 11 is 1.52. The van der Waals surface area contributed by atoms with Crippen molar-refractivity contribution in [3.05, 3.63) is 54.1 Å². The molecule has 0 saturated carbocycles. The van der Waals surface area contributed by atoms with Crippen LogP contribution in [-0.4, -0.2) is 17.1 Å². The zero-order valence-corrected chi connectivity index (χ0v) is 14.2. The lowest BCUT2D eigenvalue weighted by atomic mass is 10.2. The van der Waals surface area contributed by atoms with Gasteiger partial charge in [-0.05, 0) is 50.2 Å². The third-order valence-corrected chi connectivity index (χ3v) is 4.29. The Morgan fingerprint density at radius 1 is 0.913 bits per heavy atom. The number of carbonyl (C=O) groups excluding carboxylic acids is 2. The van der Waals surface area contributed by atoms with Crippen LogP contribution in [0.3, 0.4) is 0 Å². The van der Waals surface area contributed by atoms with Crippen LogP contribution in [0.4, 0.5) is 11.4 Å². The summed E-state index contributed by atoms with van der Waals surface area (Å²) in [5.74, 6) is -0.173. The Morgan fingerprint density at radius 2 is 1.43 bits per heavy atom. The molecular weight excluding hydrogens is 308 g/mol. The van der Waals surface area contributed by atoms with Gasteiger partial charge in [0.25, 0.3) is 0 Å². The lowest BCUT2D eigenvalue weighted by Crippen LogP contribution is -2.22. The largest absolute Gasteiger partial charge is 0.326 e. The molecule has 0 aliphatic heterocycles. The summed E-state index contributed by atoms with van der Waals surface area (Å²) in [6.45, 7) is 5.38. The van der Waals surface area contributed by atoms with Crippen molar-refractivity contribution in [2.75, 3.05) is 10.6 Å². The molecule has 0 bridgehead atoms. The van der Waals surface area contributed by atoms with E-state index in [1.807, 2.05) is 38.1 Å². The molecule has 0 aromatic heterocycles. The van der Waals surface area contributed by atoms with E-state index in [2.05, 4.69) is 10.6 Å². The van der Waals surface area contributed by atoms with E-state index < -0.39 is 0 Å². The summed E-state index contributed by atoms with van der Waals surface area (Å²) in [5, 5.41) is 5.37.